The average molecular weight is 439 g/mol. The lowest BCUT2D eigenvalue weighted by molar-refractivity contribution is 0.0931. The topological polar surface area (TPSA) is 71.3 Å². The number of thioether (sulfide) groups is 1. The molecule has 0 saturated heterocycles. The first kappa shape index (κ1) is 23.0. The van der Waals surface area contributed by atoms with E-state index in [0.29, 0.717) is 22.9 Å². The summed E-state index contributed by atoms with van der Waals surface area (Å²) in [4.78, 5) is 19.8. The maximum Gasteiger partial charge on any atom is 0.254 e. The molecule has 1 N–H and O–H groups in total. The van der Waals surface area contributed by atoms with Gasteiger partial charge in [-0.3, -0.25) is 9.69 Å². The molecule has 3 rings (SSSR count). The van der Waals surface area contributed by atoms with E-state index in [0.717, 1.165) is 31.0 Å². The summed E-state index contributed by atoms with van der Waals surface area (Å²) in [7, 11) is 0. The number of hydrogen-bond donors (Lipinski definition) is 1. The fourth-order valence-corrected chi connectivity index (χ4v) is 4.44. The van der Waals surface area contributed by atoms with Crippen LogP contribution in [0.1, 0.15) is 41.2 Å². The third kappa shape index (κ3) is 6.67. The van der Waals surface area contributed by atoms with Crippen LogP contribution in [0.15, 0.2) is 64.3 Å². The molecule has 1 aromatic carbocycles. The number of amides is 1. The predicted molar refractivity (Wildman–Crippen MR) is 124 cm³/mol. The van der Waals surface area contributed by atoms with E-state index in [1.807, 2.05) is 25.1 Å². The summed E-state index contributed by atoms with van der Waals surface area (Å²) >= 11 is 1.49. The summed E-state index contributed by atoms with van der Waals surface area (Å²) in [5.41, 5.74) is 2.70. The fourth-order valence-electron chi connectivity index (χ4n) is 3.57. The zero-order chi connectivity index (χ0) is 22.1. The number of pyridine rings is 1. The van der Waals surface area contributed by atoms with Gasteiger partial charge in [-0.05, 0) is 44.1 Å². The Labute approximate surface area is 188 Å². The van der Waals surface area contributed by atoms with Crippen LogP contribution in [-0.2, 0) is 12.2 Å². The zero-order valence-corrected chi connectivity index (χ0v) is 19.2. The number of carbonyl (C=O) groups is 1. The van der Waals surface area contributed by atoms with Crippen LogP contribution in [0.3, 0.4) is 0 Å². The van der Waals surface area contributed by atoms with E-state index in [4.69, 9.17) is 4.52 Å². The minimum Gasteiger partial charge on any atom is -0.361 e. The van der Waals surface area contributed by atoms with Gasteiger partial charge in [0.1, 0.15) is 10.8 Å². The molecule has 1 unspecified atom stereocenters. The number of aromatic nitrogens is 2. The third-order valence-corrected chi connectivity index (χ3v) is 6.23. The monoisotopic (exact) mass is 438 g/mol. The van der Waals surface area contributed by atoms with Crippen LogP contribution >= 0.6 is 11.8 Å². The Bertz CT molecular complexity index is 957. The van der Waals surface area contributed by atoms with E-state index >= 15 is 0 Å². The molecule has 2 aromatic heterocycles. The van der Waals surface area contributed by atoms with Crippen molar-refractivity contribution in [3.63, 3.8) is 0 Å². The fraction of sp³-hybridized carbons (Fsp3) is 0.375. The van der Waals surface area contributed by atoms with E-state index in [1.54, 1.807) is 12.3 Å². The van der Waals surface area contributed by atoms with Crippen LogP contribution in [0, 0.1) is 6.92 Å². The summed E-state index contributed by atoms with van der Waals surface area (Å²) in [5, 5.41) is 7.85. The van der Waals surface area contributed by atoms with Crippen LogP contribution in [0.5, 0.6) is 0 Å². The van der Waals surface area contributed by atoms with Crippen molar-refractivity contribution in [3.05, 3.63) is 77.3 Å². The second-order valence-electron chi connectivity index (χ2n) is 7.35. The molecule has 1 atom stereocenters. The number of benzene rings is 1. The van der Waals surface area contributed by atoms with Crippen molar-refractivity contribution < 1.29 is 9.32 Å². The summed E-state index contributed by atoms with van der Waals surface area (Å²) in [6.45, 7) is 8.64. The highest BCUT2D eigenvalue weighted by molar-refractivity contribution is 7.98. The molecule has 3 aromatic rings. The van der Waals surface area contributed by atoms with E-state index in [1.165, 1.54) is 17.3 Å². The number of likely N-dealkylation sites (N-methyl/N-ethyl adjacent to an activating group) is 1. The Kier molecular flexibility index (Phi) is 8.67. The van der Waals surface area contributed by atoms with Crippen molar-refractivity contribution >= 4 is 17.7 Å². The molecule has 2 heterocycles. The first-order valence-electron chi connectivity index (χ1n) is 10.7. The molecule has 164 valence electrons. The molecule has 31 heavy (non-hydrogen) atoms. The van der Waals surface area contributed by atoms with Crippen molar-refractivity contribution in [1.29, 1.82) is 0 Å². The minimum atomic E-state index is -0.0999. The van der Waals surface area contributed by atoms with E-state index in [9.17, 15) is 4.79 Å². The molecule has 0 fully saturated rings. The van der Waals surface area contributed by atoms with Crippen molar-refractivity contribution in [2.24, 2.45) is 0 Å². The quantitative estimate of drug-likeness (QED) is 0.449. The van der Waals surface area contributed by atoms with Crippen LogP contribution in [-0.4, -0.2) is 46.6 Å². The van der Waals surface area contributed by atoms with Crippen LogP contribution in [0.4, 0.5) is 0 Å². The molecule has 1 amide bonds. The van der Waals surface area contributed by atoms with Gasteiger partial charge >= 0.3 is 0 Å². The summed E-state index contributed by atoms with van der Waals surface area (Å²) < 4.78 is 5.12. The highest BCUT2D eigenvalue weighted by Gasteiger charge is 2.19. The molecule has 6 nitrogen and oxygen atoms in total. The number of carbonyl (C=O) groups excluding carboxylic acids is 1. The first-order chi connectivity index (χ1) is 15.1. The maximum absolute atomic E-state index is 13.0. The van der Waals surface area contributed by atoms with Gasteiger partial charge in [-0.2, -0.15) is 0 Å². The Morgan fingerprint density at radius 1 is 1.16 bits per heavy atom. The van der Waals surface area contributed by atoms with Gasteiger partial charge in [-0.1, -0.05) is 61.1 Å². The van der Waals surface area contributed by atoms with Crippen LogP contribution in [0.25, 0.3) is 0 Å². The van der Waals surface area contributed by atoms with Gasteiger partial charge in [-0.15, -0.1) is 0 Å². The number of rotatable bonds is 11. The highest BCUT2D eigenvalue weighted by Crippen LogP contribution is 2.24. The van der Waals surface area contributed by atoms with E-state index < -0.39 is 0 Å². The van der Waals surface area contributed by atoms with Gasteiger partial charge < -0.3 is 9.84 Å². The van der Waals surface area contributed by atoms with Crippen molar-refractivity contribution in [2.75, 3.05) is 19.6 Å². The molecule has 7 heteroatoms. The Balaban J connectivity index is 1.66. The number of nitrogens with one attached hydrogen (secondary N) is 1. The molecule has 0 saturated carbocycles. The molecule has 0 spiro atoms. The summed E-state index contributed by atoms with van der Waals surface area (Å²) in [6, 6.07) is 16.2. The molecular formula is C24H30N4O2S. The predicted octanol–water partition coefficient (Wildman–Crippen LogP) is 4.35. The summed E-state index contributed by atoms with van der Waals surface area (Å²) in [6.07, 6.45) is 2.60. The number of hydrogen-bond acceptors (Lipinski definition) is 6. The van der Waals surface area contributed by atoms with Crippen LogP contribution in [0.2, 0.25) is 0 Å². The van der Waals surface area contributed by atoms with Crippen molar-refractivity contribution in [3.8, 4) is 0 Å². The molecular weight excluding hydrogens is 408 g/mol. The lowest BCUT2D eigenvalue weighted by atomic mass is 10.0. The zero-order valence-electron chi connectivity index (χ0n) is 18.4. The number of nitrogens with zero attached hydrogens (tertiary/aromatic N) is 3. The molecule has 0 aliphatic heterocycles. The molecule has 0 radical (unpaired) electrons. The van der Waals surface area contributed by atoms with Crippen molar-refractivity contribution in [2.45, 2.75) is 44.0 Å². The highest BCUT2D eigenvalue weighted by atomic mass is 32.2. The largest absolute Gasteiger partial charge is 0.361 e. The maximum atomic E-state index is 13.0. The van der Waals surface area contributed by atoms with Gasteiger partial charge in [0.05, 0.1) is 11.3 Å². The third-order valence-electron chi connectivity index (χ3n) is 5.19. The average Bonchev–Trinajstić information content (AvgIpc) is 3.22. The Hall–Kier alpha value is -2.64. The normalized spacial score (nSPS) is 12.1. The molecule has 0 aliphatic rings. The molecule has 0 aliphatic carbocycles. The van der Waals surface area contributed by atoms with Gasteiger partial charge in [-0.25, -0.2) is 4.98 Å². The minimum absolute atomic E-state index is 0.0999. The second kappa shape index (κ2) is 11.7. The van der Waals surface area contributed by atoms with Gasteiger partial charge in [0.2, 0.25) is 0 Å². The SMILES string of the molecule is CCN(CC)C(CNC(=O)c1cccnc1SCc1cc(C)on1)Cc1ccccc1. The standard InChI is InChI=1S/C24H30N4O2S/c1-4-28(5-2)21(15-19-10-7-6-8-11-19)16-26-23(29)22-12-9-13-25-24(22)31-17-20-14-18(3)30-27-20/h6-14,21H,4-5,15-17H2,1-3H3,(H,26,29). The Morgan fingerprint density at radius 3 is 2.61 bits per heavy atom. The van der Waals surface area contributed by atoms with Crippen LogP contribution < -0.4 is 5.32 Å². The van der Waals surface area contributed by atoms with E-state index in [-0.39, 0.29) is 11.9 Å². The second-order valence-corrected chi connectivity index (χ2v) is 8.31. The van der Waals surface area contributed by atoms with Gasteiger partial charge in [0.15, 0.2) is 0 Å². The lowest BCUT2D eigenvalue weighted by Crippen LogP contribution is -2.45. The lowest BCUT2D eigenvalue weighted by Gasteiger charge is -2.30. The number of aryl methyl sites for hydroxylation is 1. The van der Waals surface area contributed by atoms with Gasteiger partial charge in [0, 0.05) is 30.6 Å². The smallest absolute Gasteiger partial charge is 0.254 e. The molecule has 0 bridgehead atoms. The van der Waals surface area contributed by atoms with E-state index in [2.05, 4.69) is 58.5 Å². The first-order valence-corrected chi connectivity index (χ1v) is 11.7. The van der Waals surface area contributed by atoms with Crippen molar-refractivity contribution in [1.82, 2.24) is 20.4 Å². The van der Waals surface area contributed by atoms with Gasteiger partial charge in [0.25, 0.3) is 5.91 Å². The Morgan fingerprint density at radius 2 is 1.94 bits per heavy atom. The summed E-state index contributed by atoms with van der Waals surface area (Å²) in [5.74, 6) is 1.28.